The van der Waals surface area contributed by atoms with Crippen LogP contribution < -0.4 is 5.32 Å². The fraction of sp³-hybridized carbons (Fsp3) is 1.00. The molecule has 0 spiro atoms. The highest BCUT2D eigenvalue weighted by molar-refractivity contribution is 5.02. The maximum atomic E-state index is 9.83. The summed E-state index contributed by atoms with van der Waals surface area (Å²) in [4.78, 5) is 2.77. The van der Waals surface area contributed by atoms with E-state index in [2.05, 4.69) is 31.0 Å². The predicted molar refractivity (Wildman–Crippen MR) is 84.9 cm³/mol. The zero-order valence-corrected chi connectivity index (χ0v) is 13.7. The molecule has 20 heavy (non-hydrogen) atoms. The van der Waals surface area contributed by atoms with Crippen LogP contribution in [0.5, 0.6) is 0 Å². The lowest BCUT2D eigenvalue weighted by atomic mass is 9.98. The Morgan fingerprint density at radius 3 is 2.55 bits per heavy atom. The van der Waals surface area contributed by atoms with E-state index >= 15 is 0 Å². The van der Waals surface area contributed by atoms with Gasteiger partial charge in [0.2, 0.25) is 0 Å². The van der Waals surface area contributed by atoms with E-state index in [0.29, 0.717) is 12.6 Å². The van der Waals surface area contributed by atoms with Gasteiger partial charge in [0.25, 0.3) is 0 Å². The molecule has 2 fully saturated rings. The molecule has 2 N–H and O–H groups in total. The molecule has 2 saturated carbocycles. The molecule has 0 bridgehead atoms. The second-order valence-corrected chi connectivity index (χ2v) is 7.41. The first-order valence-electron chi connectivity index (χ1n) is 8.72. The highest BCUT2D eigenvalue weighted by Gasteiger charge is 2.43. The van der Waals surface area contributed by atoms with Gasteiger partial charge in [0, 0.05) is 17.6 Å². The quantitative estimate of drug-likeness (QED) is 0.682. The smallest absolute Gasteiger partial charge is 0.0613 e. The summed E-state index contributed by atoms with van der Waals surface area (Å²) in [5, 5.41) is 13.5. The normalized spacial score (nSPS) is 30.6. The molecule has 2 rings (SSSR count). The topological polar surface area (TPSA) is 35.5 Å². The van der Waals surface area contributed by atoms with E-state index in [9.17, 15) is 5.11 Å². The number of hydrogen-bond acceptors (Lipinski definition) is 3. The third-order valence-corrected chi connectivity index (χ3v) is 5.08. The van der Waals surface area contributed by atoms with Gasteiger partial charge in [-0.15, -0.1) is 0 Å². The molecule has 3 nitrogen and oxygen atoms in total. The lowest BCUT2D eigenvalue weighted by Crippen LogP contribution is -2.48. The van der Waals surface area contributed by atoms with Gasteiger partial charge in [0.15, 0.2) is 0 Å². The van der Waals surface area contributed by atoms with E-state index in [0.717, 1.165) is 37.8 Å². The second-order valence-electron chi connectivity index (χ2n) is 7.41. The lowest BCUT2D eigenvalue weighted by molar-refractivity contribution is 0.135. The Bertz CT molecular complexity index is 291. The van der Waals surface area contributed by atoms with E-state index in [-0.39, 0.29) is 5.54 Å². The first-order valence-corrected chi connectivity index (χ1v) is 8.72. The zero-order chi connectivity index (χ0) is 14.6. The van der Waals surface area contributed by atoms with Gasteiger partial charge in [-0.25, -0.2) is 0 Å². The fourth-order valence-electron chi connectivity index (χ4n) is 3.61. The molecule has 2 aliphatic carbocycles. The molecule has 0 radical (unpaired) electrons. The minimum atomic E-state index is 0.00560. The van der Waals surface area contributed by atoms with E-state index < -0.39 is 0 Å². The van der Waals surface area contributed by atoms with E-state index in [1.54, 1.807) is 0 Å². The van der Waals surface area contributed by atoms with Gasteiger partial charge in [-0.1, -0.05) is 20.8 Å². The number of aliphatic hydroxyl groups excluding tert-OH is 1. The Kier molecular flexibility index (Phi) is 5.88. The van der Waals surface area contributed by atoms with Gasteiger partial charge in [0.05, 0.1) is 6.61 Å². The standard InChI is InChI=1S/C17H34N2O/c1-4-10-18-17(13-20)9-7-16(12-17)19(15-5-6-15)11-8-14(2)3/h14-16,18,20H,4-13H2,1-3H3. The molecular weight excluding hydrogens is 248 g/mol. The van der Waals surface area contributed by atoms with Crippen LogP contribution in [0.15, 0.2) is 0 Å². The van der Waals surface area contributed by atoms with E-state index in [1.807, 2.05) is 0 Å². The number of nitrogens with zero attached hydrogens (tertiary/aromatic N) is 1. The van der Waals surface area contributed by atoms with Crippen LogP contribution in [0.2, 0.25) is 0 Å². The van der Waals surface area contributed by atoms with Crippen molar-refractivity contribution in [2.24, 2.45) is 5.92 Å². The second kappa shape index (κ2) is 7.24. The summed E-state index contributed by atoms with van der Waals surface area (Å²) in [6.45, 7) is 9.42. The first kappa shape index (κ1) is 16.3. The van der Waals surface area contributed by atoms with Crippen molar-refractivity contribution in [3.05, 3.63) is 0 Å². The van der Waals surface area contributed by atoms with Crippen LogP contribution in [0.3, 0.4) is 0 Å². The van der Waals surface area contributed by atoms with Crippen molar-refractivity contribution in [2.45, 2.75) is 83.3 Å². The van der Waals surface area contributed by atoms with Gasteiger partial charge in [-0.2, -0.15) is 0 Å². The van der Waals surface area contributed by atoms with Crippen LogP contribution in [0.25, 0.3) is 0 Å². The summed E-state index contributed by atoms with van der Waals surface area (Å²) in [6, 6.07) is 1.54. The third-order valence-electron chi connectivity index (χ3n) is 5.08. The Morgan fingerprint density at radius 2 is 2.00 bits per heavy atom. The number of aliphatic hydroxyl groups is 1. The van der Waals surface area contributed by atoms with E-state index in [4.69, 9.17) is 0 Å². The van der Waals surface area contributed by atoms with Crippen molar-refractivity contribution in [3.8, 4) is 0 Å². The molecule has 0 saturated heterocycles. The molecule has 118 valence electrons. The summed E-state index contributed by atoms with van der Waals surface area (Å²) in [5.41, 5.74) is 0.00560. The highest BCUT2D eigenvalue weighted by atomic mass is 16.3. The molecule has 0 aromatic heterocycles. The monoisotopic (exact) mass is 282 g/mol. The molecule has 0 aromatic rings. The average molecular weight is 282 g/mol. The summed E-state index contributed by atoms with van der Waals surface area (Å²) in [5.74, 6) is 0.790. The molecule has 0 aromatic carbocycles. The van der Waals surface area contributed by atoms with Crippen LogP contribution in [-0.4, -0.2) is 47.3 Å². The number of hydrogen-bond donors (Lipinski definition) is 2. The Hall–Kier alpha value is -0.120. The van der Waals surface area contributed by atoms with Crippen LogP contribution in [0.4, 0.5) is 0 Å². The maximum absolute atomic E-state index is 9.83. The molecular formula is C17H34N2O. The number of nitrogens with one attached hydrogen (secondary N) is 1. The van der Waals surface area contributed by atoms with Gasteiger partial charge in [-0.05, 0) is 64.0 Å². The van der Waals surface area contributed by atoms with Crippen molar-refractivity contribution in [1.29, 1.82) is 0 Å². The molecule has 3 heteroatoms. The van der Waals surface area contributed by atoms with Crippen molar-refractivity contribution < 1.29 is 5.11 Å². The summed E-state index contributed by atoms with van der Waals surface area (Å²) in [7, 11) is 0. The Balaban J connectivity index is 1.90. The molecule has 0 aliphatic heterocycles. The van der Waals surface area contributed by atoms with Crippen molar-refractivity contribution in [3.63, 3.8) is 0 Å². The Morgan fingerprint density at radius 1 is 1.25 bits per heavy atom. The number of rotatable bonds is 9. The van der Waals surface area contributed by atoms with Crippen molar-refractivity contribution >= 4 is 0 Å². The minimum Gasteiger partial charge on any atom is -0.394 e. The summed E-state index contributed by atoms with van der Waals surface area (Å²) >= 11 is 0. The Labute approximate surface area is 125 Å². The maximum Gasteiger partial charge on any atom is 0.0613 e. The van der Waals surface area contributed by atoms with Crippen molar-refractivity contribution in [2.75, 3.05) is 19.7 Å². The highest BCUT2D eigenvalue weighted by Crippen LogP contribution is 2.38. The lowest BCUT2D eigenvalue weighted by Gasteiger charge is -2.33. The molecule has 2 unspecified atom stereocenters. The van der Waals surface area contributed by atoms with Crippen molar-refractivity contribution in [1.82, 2.24) is 10.2 Å². The average Bonchev–Trinajstić information content (AvgIpc) is 3.17. The molecule has 2 atom stereocenters. The molecule has 0 amide bonds. The summed E-state index contributed by atoms with van der Waals surface area (Å²) < 4.78 is 0. The van der Waals surface area contributed by atoms with E-state index in [1.165, 1.54) is 32.2 Å². The van der Waals surface area contributed by atoms with Gasteiger partial charge in [-0.3, -0.25) is 4.90 Å². The van der Waals surface area contributed by atoms with Gasteiger partial charge < -0.3 is 10.4 Å². The predicted octanol–water partition coefficient (Wildman–Crippen LogP) is 2.78. The molecule has 0 heterocycles. The van der Waals surface area contributed by atoms with Crippen LogP contribution in [0.1, 0.15) is 65.7 Å². The minimum absolute atomic E-state index is 0.00560. The summed E-state index contributed by atoms with van der Waals surface area (Å²) in [6.07, 6.45) is 8.77. The molecule has 2 aliphatic rings. The first-order chi connectivity index (χ1) is 9.60. The fourth-order valence-corrected chi connectivity index (χ4v) is 3.61. The van der Waals surface area contributed by atoms with Crippen LogP contribution in [0, 0.1) is 5.92 Å². The van der Waals surface area contributed by atoms with Crippen LogP contribution in [-0.2, 0) is 0 Å². The van der Waals surface area contributed by atoms with Crippen LogP contribution >= 0.6 is 0 Å². The largest absolute Gasteiger partial charge is 0.394 e. The SMILES string of the molecule is CCCNC1(CO)CCC(N(CCC(C)C)C2CC2)C1. The third kappa shape index (κ3) is 4.19. The zero-order valence-electron chi connectivity index (χ0n) is 13.7. The van der Waals surface area contributed by atoms with Gasteiger partial charge in [0.1, 0.15) is 0 Å². The van der Waals surface area contributed by atoms with Gasteiger partial charge >= 0.3 is 0 Å².